The first-order valence-corrected chi connectivity index (χ1v) is 11.6. The third-order valence-electron chi connectivity index (χ3n) is 4.83. The van der Waals surface area contributed by atoms with Gasteiger partial charge in [-0.25, -0.2) is 13.4 Å². The molecule has 172 valence electrons. The van der Waals surface area contributed by atoms with Gasteiger partial charge in [-0.15, -0.1) is 0 Å². The second-order valence-corrected chi connectivity index (χ2v) is 10.3. The van der Waals surface area contributed by atoms with Crippen molar-refractivity contribution in [3.8, 4) is 5.75 Å². The van der Waals surface area contributed by atoms with E-state index in [-0.39, 0.29) is 34.6 Å². The molecule has 0 saturated carbocycles. The third-order valence-corrected chi connectivity index (χ3v) is 6.99. The molecule has 0 unspecified atom stereocenters. The molecule has 0 bridgehead atoms. The van der Waals surface area contributed by atoms with Crippen LogP contribution in [0.25, 0.3) is 0 Å². The molecule has 0 aliphatic carbocycles. The van der Waals surface area contributed by atoms with Crippen LogP contribution in [0.5, 0.6) is 5.75 Å². The van der Waals surface area contributed by atoms with Gasteiger partial charge >= 0.3 is 6.61 Å². The van der Waals surface area contributed by atoms with Gasteiger partial charge in [-0.3, -0.25) is 4.79 Å². The Kier molecular flexibility index (Phi) is 6.49. The number of pyridine rings is 1. The number of benzene rings is 1. The molecule has 1 amide bonds. The molecule has 0 radical (unpaired) electrons. The topological polar surface area (TPSA) is 121 Å². The fourth-order valence-electron chi connectivity index (χ4n) is 3.46. The number of carbonyl (C=O) groups excluding carboxylic acids is 1. The number of hydrogen-bond donors (Lipinski definition) is 3. The maximum absolute atomic E-state index is 12.7. The van der Waals surface area contributed by atoms with Crippen molar-refractivity contribution in [2.24, 2.45) is 5.92 Å². The lowest BCUT2D eigenvalue weighted by Crippen LogP contribution is -2.63. The maximum atomic E-state index is 12.7. The monoisotopic (exact) mass is 466 g/mol. The van der Waals surface area contributed by atoms with Crippen LogP contribution in [0.1, 0.15) is 36.8 Å². The van der Waals surface area contributed by atoms with Gasteiger partial charge in [-0.1, -0.05) is 19.9 Å². The van der Waals surface area contributed by atoms with E-state index < -0.39 is 27.9 Å². The second-order valence-electron chi connectivity index (χ2n) is 8.26. The van der Waals surface area contributed by atoms with Gasteiger partial charge in [0.25, 0.3) is 5.91 Å². The van der Waals surface area contributed by atoms with E-state index in [2.05, 4.69) is 20.4 Å². The first-order valence-electron chi connectivity index (χ1n) is 9.81. The summed E-state index contributed by atoms with van der Waals surface area (Å²) in [5.74, 6) is -1.03. The van der Waals surface area contributed by atoms with Crippen molar-refractivity contribution in [1.82, 2.24) is 10.3 Å². The standard InChI is InChI=1S/C21H24F2N4O4S/c1-12(2)18(24)15-8-16(19(28)27-21(3)10-32(29,30)11-21)25-9-17(15)26-13-5-4-6-14(7-13)31-20(22)23/h4-9,12,20,24,26H,10-11H2,1-3H3,(H,27,28). The van der Waals surface area contributed by atoms with Crippen LogP contribution in [0.4, 0.5) is 20.2 Å². The molecule has 11 heteroatoms. The largest absolute Gasteiger partial charge is 0.435 e. The Morgan fingerprint density at radius 3 is 2.53 bits per heavy atom. The summed E-state index contributed by atoms with van der Waals surface area (Å²) in [7, 11) is -3.14. The van der Waals surface area contributed by atoms with E-state index in [1.54, 1.807) is 13.0 Å². The third kappa shape index (κ3) is 5.58. The number of nitrogens with zero attached hydrogens (tertiary/aromatic N) is 1. The number of carbonyl (C=O) groups is 1. The zero-order chi connectivity index (χ0) is 23.7. The van der Waals surface area contributed by atoms with E-state index in [1.165, 1.54) is 30.5 Å². The molecule has 3 N–H and O–H groups in total. The van der Waals surface area contributed by atoms with Gasteiger partial charge in [0.15, 0.2) is 9.84 Å². The van der Waals surface area contributed by atoms with Crippen LogP contribution < -0.4 is 15.4 Å². The molecule has 1 aliphatic rings. The molecule has 0 atom stereocenters. The molecule has 1 fully saturated rings. The number of hydrogen-bond acceptors (Lipinski definition) is 7. The highest BCUT2D eigenvalue weighted by Crippen LogP contribution is 2.27. The predicted molar refractivity (Wildman–Crippen MR) is 117 cm³/mol. The van der Waals surface area contributed by atoms with Crippen molar-refractivity contribution in [3.05, 3.63) is 47.8 Å². The van der Waals surface area contributed by atoms with Gasteiger partial charge in [0.2, 0.25) is 0 Å². The number of halogens is 2. The lowest BCUT2D eigenvalue weighted by Gasteiger charge is -2.38. The molecule has 1 aliphatic heterocycles. The minimum Gasteiger partial charge on any atom is -0.435 e. The Balaban J connectivity index is 1.87. The molecule has 2 heterocycles. The summed E-state index contributed by atoms with van der Waals surface area (Å²) in [6.07, 6.45) is 1.38. The van der Waals surface area contributed by atoms with Gasteiger partial charge in [-0.05, 0) is 31.0 Å². The highest BCUT2D eigenvalue weighted by Gasteiger charge is 2.46. The molecule has 1 aromatic heterocycles. The lowest BCUT2D eigenvalue weighted by molar-refractivity contribution is -0.0498. The fourth-order valence-corrected chi connectivity index (χ4v) is 5.46. The van der Waals surface area contributed by atoms with Gasteiger partial charge in [-0.2, -0.15) is 8.78 Å². The summed E-state index contributed by atoms with van der Waals surface area (Å²) in [4.78, 5) is 16.8. The quantitative estimate of drug-likeness (QED) is 0.513. The van der Waals surface area contributed by atoms with Crippen LogP contribution in [0.15, 0.2) is 36.5 Å². The molecule has 2 aromatic rings. The fraction of sp³-hybridized carbons (Fsp3) is 0.381. The number of anilines is 2. The van der Waals surface area contributed by atoms with Crippen molar-refractivity contribution >= 4 is 32.8 Å². The van der Waals surface area contributed by atoms with E-state index in [9.17, 15) is 22.0 Å². The predicted octanol–water partition coefficient (Wildman–Crippen LogP) is 3.37. The normalized spacial score (nSPS) is 16.3. The Morgan fingerprint density at radius 1 is 1.25 bits per heavy atom. The van der Waals surface area contributed by atoms with Crippen LogP contribution in [0, 0.1) is 11.3 Å². The zero-order valence-electron chi connectivity index (χ0n) is 17.8. The number of aromatic nitrogens is 1. The van der Waals surface area contributed by atoms with Gasteiger partial charge in [0, 0.05) is 23.0 Å². The Labute approximate surface area is 184 Å². The number of rotatable bonds is 8. The summed E-state index contributed by atoms with van der Waals surface area (Å²) in [6, 6.07) is 7.40. The first kappa shape index (κ1) is 23.6. The molecule has 0 spiro atoms. The van der Waals surface area contributed by atoms with Crippen molar-refractivity contribution < 1.29 is 26.7 Å². The van der Waals surface area contributed by atoms with E-state index in [1.807, 2.05) is 13.8 Å². The molecular weight excluding hydrogens is 442 g/mol. The van der Waals surface area contributed by atoms with Crippen LogP contribution in [-0.2, 0) is 9.84 Å². The maximum Gasteiger partial charge on any atom is 0.387 e. The highest BCUT2D eigenvalue weighted by molar-refractivity contribution is 7.93. The smallest absolute Gasteiger partial charge is 0.387 e. The molecule has 32 heavy (non-hydrogen) atoms. The summed E-state index contributed by atoms with van der Waals surface area (Å²) in [6.45, 7) is 2.34. The summed E-state index contributed by atoms with van der Waals surface area (Å²) < 4.78 is 52.4. The zero-order valence-corrected chi connectivity index (χ0v) is 18.6. The van der Waals surface area contributed by atoms with Gasteiger partial charge in [0.05, 0.1) is 28.9 Å². The second kappa shape index (κ2) is 8.81. The van der Waals surface area contributed by atoms with Crippen molar-refractivity contribution in [3.63, 3.8) is 0 Å². The number of ether oxygens (including phenoxy) is 1. The number of amides is 1. The average molecular weight is 467 g/mol. The van der Waals surface area contributed by atoms with E-state index in [4.69, 9.17) is 5.41 Å². The Hall–Kier alpha value is -3.08. The van der Waals surface area contributed by atoms with Crippen LogP contribution in [0.2, 0.25) is 0 Å². The van der Waals surface area contributed by atoms with Crippen LogP contribution in [0.3, 0.4) is 0 Å². The lowest BCUT2D eigenvalue weighted by atomic mass is 9.98. The first-order chi connectivity index (χ1) is 14.9. The van der Waals surface area contributed by atoms with E-state index in [0.717, 1.165) is 0 Å². The van der Waals surface area contributed by atoms with Gasteiger partial charge < -0.3 is 20.8 Å². The number of alkyl halides is 2. The Bertz CT molecular complexity index is 1140. The Morgan fingerprint density at radius 2 is 1.94 bits per heavy atom. The number of sulfone groups is 1. The van der Waals surface area contributed by atoms with Crippen molar-refractivity contribution in [1.29, 1.82) is 5.41 Å². The summed E-state index contributed by atoms with van der Waals surface area (Å²) in [5.41, 5.74) is 0.675. The molecular formula is C21H24F2N4O4S. The summed E-state index contributed by atoms with van der Waals surface area (Å²) in [5, 5.41) is 14.2. The molecule has 8 nitrogen and oxygen atoms in total. The van der Waals surface area contributed by atoms with Crippen LogP contribution >= 0.6 is 0 Å². The van der Waals surface area contributed by atoms with Crippen molar-refractivity contribution in [2.75, 3.05) is 16.8 Å². The minimum absolute atomic E-state index is 0.0295. The van der Waals surface area contributed by atoms with E-state index >= 15 is 0 Å². The molecule has 3 rings (SSSR count). The minimum atomic E-state index is -3.14. The van der Waals surface area contributed by atoms with E-state index in [0.29, 0.717) is 16.9 Å². The average Bonchev–Trinajstić information content (AvgIpc) is 2.65. The summed E-state index contributed by atoms with van der Waals surface area (Å²) >= 11 is 0. The molecule has 1 aromatic carbocycles. The van der Waals surface area contributed by atoms with Crippen molar-refractivity contribution in [2.45, 2.75) is 32.9 Å². The SMILES string of the molecule is CC(C)C(=N)c1cc(C(=O)NC2(C)CS(=O)(=O)C2)ncc1Nc1cccc(OC(F)F)c1. The van der Waals surface area contributed by atoms with Gasteiger partial charge in [0.1, 0.15) is 11.4 Å². The van der Waals surface area contributed by atoms with Crippen LogP contribution in [-0.4, -0.2) is 48.7 Å². The molecule has 1 saturated heterocycles. The number of nitrogens with one attached hydrogen (secondary N) is 3. The highest BCUT2D eigenvalue weighted by atomic mass is 32.2.